The van der Waals surface area contributed by atoms with Gasteiger partial charge < -0.3 is 40.8 Å². The van der Waals surface area contributed by atoms with Crippen molar-refractivity contribution in [1.82, 2.24) is 19.8 Å². The van der Waals surface area contributed by atoms with Gasteiger partial charge in [-0.1, -0.05) is 11.6 Å². The summed E-state index contributed by atoms with van der Waals surface area (Å²) in [6.07, 6.45) is -3.78. The van der Waals surface area contributed by atoms with Gasteiger partial charge in [0.1, 0.15) is 6.07 Å². The standard InChI is InChI=1S/C29H30ClF2N7O5.C2HF3O2/c1-38-22(20-4-5-23(44-11-8-33)25(32)24(20)31)15-35-26(38)28(42)37-17-2-3-19(21(30)12-17)29(43)39-9-6-16(7-10-39)27(41)36-14-18(40)13-34;3-2(4,5)1(6)7/h2-5,12,15-16,18,40H,6-7,9-11,13-14,34H2,1H3,(H,36,41)(H,37,42);(H,6,7). The number of piperidine rings is 1. The lowest BCUT2D eigenvalue weighted by atomic mass is 9.95. The number of aliphatic hydroxyl groups is 1. The summed E-state index contributed by atoms with van der Waals surface area (Å²) in [5, 5.41) is 30.6. The van der Waals surface area contributed by atoms with E-state index in [4.69, 9.17) is 37.2 Å². The van der Waals surface area contributed by atoms with E-state index in [0.717, 1.165) is 0 Å². The van der Waals surface area contributed by atoms with Gasteiger partial charge in [-0.05, 0) is 43.2 Å². The molecule has 1 aromatic heterocycles. The third-order valence-electron chi connectivity index (χ3n) is 7.44. The number of hydrogen-bond acceptors (Lipinski definition) is 9. The number of aliphatic hydroxyl groups excluding tert-OH is 1. The number of alkyl halides is 3. The van der Waals surface area contributed by atoms with E-state index in [1.165, 1.54) is 48.1 Å². The summed E-state index contributed by atoms with van der Waals surface area (Å²) >= 11 is 6.41. The molecule has 0 spiro atoms. The van der Waals surface area contributed by atoms with E-state index in [9.17, 15) is 41.4 Å². The molecule has 4 rings (SSSR count). The van der Waals surface area contributed by atoms with Crippen molar-refractivity contribution in [3.05, 3.63) is 64.6 Å². The molecule has 2 aromatic carbocycles. The first kappa shape index (κ1) is 40.1. The molecular formula is C31H31ClF5N7O7. The van der Waals surface area contributed by atoms with E-state index in [2.05, 4.69) is 15.6 Å². The Labute approximate surface area is 291 Å². The number of carbonyl (C=O) groups is 4. The third kappa shape index (κ3) is 10.3. The third-order valence-corrected chi connectivity index (χ3v) is 7.76. The maximum absolute atomic E-state index is 14.8. The number of nitrogens with two attached hydrogens (primary N) is 1. The predicted molar refractivity (Wildman–Crippen MR) is 169 cm³/mol. The van der Waals surface area contributed by atoms with Crippen LogP contribution in [-0.4, -0.2) is 93.4 Å². The van der Waals surface area contributed by atoms with Gasteiger partial charge in [-0.3, -0.25) is 14.4 Å². The Morgan fingerprint density at radius 2 is 1.80 bits per heavy atom. The summed E-state index contributed by atoms with van der Waals surface area (Å²) < 4.78 is 67.1. The van der Waals surface area contributed by atoms with E-state index in [0.29, 0.717) is 25.9 Å². The van der Waals surface area contributed by atoms with Gasteiger partial charge >= 0.3 is 12.1 Å². The van der Waals surface area contributed by atoms with Crippen molar-refractivity contribution in [2.45, 2.75) is 25.1 Å². The monoisotopic (exact) mass is 743 g/mol. The molecule has 2 heterocycles. The van der Waals surface area contributed by atoms with E-state index < -0.39 is 48.1 Å². The van der Waals surface area contributed by atoms with Crippen LogP contribution in [0.2, 0.25) is 5.02 Å². The smallest absolute Gasteiger partial charge is 0.476 e. The molecule has 51 heavy (non-hydrogen) atoms. The van der Waals surface area contributed by atoms with Crippen LogP contribution >= 0.6 is 11.6 Å². The molecule has 0 bridgehead atoms. The van der Waals surface area contributed by atoms with Gasteiger partial charge in [0.15, 0.2) is 24.0 Å². The molecule has 1 aliphatic heterocycles. The molecule has 3 aromatic rings. The highest BCUT2D eigenvalue weighted by Crippen LogP contribution is 2.31. The summed E-state index contributed by atoms with van der Waals surface area (Å²) in [5.41, 5.74) is 5.80. The SMILES string of the molecule is Cn1c(-c2ccc(OCC#N)c(F)c2F)cnc1C(=O)Nc1ccc(C(=O)N2CCC(C(=O)NCC(O)CN)CC2)c(Cl)c1.O=C(O)C(F)(F)F. The van der Waals surface area contributed by atoms with Crippen molar-refractivity contribution in [3.8, 4) is 23.1 Å². The fourth-order valence-corrected chi connectivity index (χ4v) is 5.00. The maximum atomic E-state index is 14.8. The second-order valence-electron chi connectivity index (χ2n) is 10.9. The quantitative estimate of drug-likeness (QED) is 0.192. The molecular weight excluding hydrogens is 713 g/mol. The number of carbonyl (C=O) groups excluding carboxylic acids is 3. The Balaban J connectivity index is 0.000000908. The van der Waals surface area contributed by atoms with Crippen molar-refractivity contribution >= 4 is 41.0 Å². The summed E-state index contributed by atoms with van der Waals surface area (Å²) in [7, 11) is 1.46. The Morgan fingerprint density at radius 1 is 1.16 bits per heavy atom. The summed E-state index contributed by atoms with van der Waals surface area (Å²) in [4.78, 5) is 53.0. The van der Waals surface area contributed by atoms with Crippen molar-refractivity contribution in [2.24, 2.45) is 18.7 Å². The molecule has 0 radical (unpaired) electrons. The molecule has 0 aliphatic carbocycles. The largest absolute Gasteiger partial charge is 0.490 e. The highest BCUT2D eigenvalue weighted by Gasteiger charge is 2.38. The van der Waals surface area contributed by atoms with Crippen LogP contribution < -0.4 is 21.1 Å². The predicted octanol–water partition coefficient (Wildman–Crippen LogP) is 3.09. The van der Waals surface area contributed by atoms with Crippen LogP contribution in [0.5, 0.6) is 5.75 Å². The molecule has 6 N–H and O–H groups in total. The second kappa shape index (κ2) is 17.6. The summed E-state index contributed by atoms with van der Waals surface area (Å²) in [5.74, 6) is -7.25. The number of nitrogens with zero attached hydrogens (tertiary/aromatic N) is 4. The van der Waals surface area contributed by atoms with Crippen molar-refractivity contribution in [1.29, 1.82) is 5.26 Å². The molecule has 20 heteroatoms. The number of halogens is 6. The topological polar surface area (TPSA) is 213 Å². The van der Waals surface area contributed by atoms with Crippen LogP contribution in [0.4, 0.5) is 27.6 Å². The number of carboxylic acids is 1. The highest BCUT2D eigenvalue weighted by atomic mass is 35.5. The molecule has 0 saturated carbocycles. The maximum Gasteiger partial charge on any atom is 0.490 e. The molecule has 3 amide bonds. The number of nitrogens with one attached hydrogen (secondary N) is 2. The zero-order valence-electron chi connectivity index (χ0n) is 26.6. The minimum atomic E-state index is -5.08. The Bertz CT molecular complexity index is 1810. The number of anilines is 1. The molecule has 1 unspecified atom stereocenters. The molecule has 14 nitrogen and oxygen atoms in total. The molecule has 1 fully saturated rings. The lowest BCUT2D eigenvalue weighted by Crippen LogP contribution is -2.45. The van der Waals surface area contributed by atoms with Crippen molar-refractivity contribution in [3.63, 3.8) is 0 Å². The Kier molecular flexibility index (Phi) is 13.8. The number of likely N-dealkylation sites (tertiary alicyclic amines) is 1. The first-order chi connectivity index (χ1) is 24.0. The van der Waals surface area contributed by atoms with Gasteiger partial charge in [0.2, 0.25) is 11.7 Å². The van der Waals surface area contributed by atoms with Gasteiger partial charge in [0.25, 0.3) is 11.8 Å². The van der Waals surface area contributed by atoms with E-state index >= 15 is 0 Å². The van der Waals surface area contributed by atoms with Crippen LogP contribution in [0.3, 0.4) is 0 Å². The Hall–Kier alpha value is -5.32. The van der Waals surface area contributed by atoms with Crippen LogP contribution in [-0.2, 0) is 16.6 Å². The normalized spacial score (nSPS) is 13.7. The number of benzene rings is 2. The van der Waals surface area contributed by atoms with Crippen LogP contribution in [0.25, 0.3) is 11.3 Å². The van der Waals surface area contributed by atoms with Gasteiger partial charge in [-0.25, -0.2) is 14.2 Å². The highest BCUT2D eigenvalue weighted by molar-refractivity contribution is 6.34. The number of carboxylic acid groups (broad SMARTS) is 1. The molecule has 274 valence electrons. The lowest BCUT2D eigenvalue weighted by molar-refractivity contribution is -0.192. The number of ether oxygens (including phenoxy) is 1. The number of aliphatic carboxylic acids is 1. The van der Waals surface area contributed by atoms with E-state index in [-0.39, 0.29) is 64.2 Å². The van der Waals surface area contributed by atoms with E-state index in [1.54, 1.807) is 11.0 Å². The number of amides is 3. The Morgan fingerprint density at radius 3 is 2.37 bits per heavy atom. The number of nitriles is 1. The number of rotatable bonds is 10. The minimum Gasteiger partial charge on any atom is -0.476 e. The zero-order chi connectivity index (χ0) is 38.0. The average molecular weight is 744 g/mol. The molecule has 1 saturated heterocycles. The number of imidazole rings is 1. The van der Waals surface area contributed by atoms with Crippen molar-refractivity contribution < 1.29 is 56.1 Å². The summed E-state index contributed by atoms with van der Waals surface area (Å²) in [6, 6.07) is 8.50. The van der Waals surface area contributed by atoms with Gasteiger partial charge in [-0.2, -0.15) is 22.8 Å². The fourth-order valence-electron chi connectivity index (χ4n) is 4.74. The van der Waals surface area contributed by atoms with Gasteiger partial charge in [0.05, 0.1) is 28.6 Å². The number of aromatic nitrogens is 2. The van der Waals surface area contributed by atoms with E-state index in [1.807, 2.05) is 0 Å². The second-order valence-corrected chi connectivity index (χ2v) is 11.3. The molecule has 1 atom stereocenters. The van der Waals surface area contributed by atoms with Crippen LogP contribution in [0, 0.1) is 28.9 Å². The van der Waals surface area contributed by atoms with Gasteiger partial charge in [0, 0.05) is 50.4 Å². The van der Waals surface area contributed by atoms with Crippen LogP contribution in [0.1, 0.15) is 33.8 Å². The first-order valence-corrected chi connectivity index (χ1v) is 15.2. The fraction of sp³-hybridized carbons (Fsp3) is 0.355. The lowest BCUT2D eigenvalue weighted by Gasteiger charge is -2.31. The number of hydrogen-bond donors (Lipinski definition) is 5. The van der Waals surface area contributed by atoms with Crippen LogP contribution in [0.15, 0.2) is 36.5 Å². The zero-order valence-corrected chi connectivity index (χ0v) is 27.4. The first-order valence-electron chi connectivity index (χ1n) is 14.9. The minimum absolute atomic E-state index is 0.0433. The average Bonchev–Trinajstić information content (AvgIpc) is 3.48. The van der Waals surface area contributed by atoms with Crippen molar-refractivity contribution in [2.75, 3.05) is 38.1 Å². The molecule has 1 aliphatic rings. The van der Waals surface area contributed by atoms with Gasteiger partial charge in [-0.15, -0.1) is 0 Å². The summed E-state index contributed by atoms with van der Waals surface area (Å²) in [6.45, 7) is 0.343.